The van der Waals surface area contributed by atoms with E-state index in [2.05, 4.69) is 21.2 Å². The van der Waals surface area contributed by atoms with Crippen molar-refractivity contribution in [2.75, 3.05) is 18.5 Å². The summed E-state index contributed by atoms with van der Waals surface area (Å²) >= 11 is 9.98. The molecule has 3 rings (SSSR count). The molecule has 1 N–H and O–H groups in total. The smallest absolute Gasteiger partial charge is 0.266 e. The summed E-state index contributed by atoms with van der Waals surface area (Å²) in [5, 5.41) is 2.83. The molecule has 0 spiro atoms. The zero-order chi connectivity index (χ0) is 20.8. The van der Waals surface area contributed by atoms with Crippen LogP contribution in [-0.2, 0) is 9.59 Å². The van der Waals surface area contributed by atoms with Gasteiger partial charge in [0.15, 0.2) is 0 Å². The third kappa shape index (κ3) is 5.68. The lowest BCUT2D eigenvalue weighted by Crippen LogP contribution is -2.31. The van der Waals surface area contributed by atoms with Crippen molar-refractivity contribution in [1.29, 1.82) is 0 Å². The quantitative estimate of drug-likeness (QED) is 0.433. The molecule has 2 aromatic carbocycles. The van der Waals surface area contributed by atoms with E-state index in [4.69, 9.17) is 17.0 Å². The van der Waals surface area contributed by atoms with Gasteiger partial charge in [0.2, 0.25) is 5.91 Å². The average Bonchev–Trinajstić information content (AvgIpc) is 2.96. The van der Waals surface area contributed by atoms with Gasteiger partial charge in [-0.2, -0.15) is 0 Å². The number of nitrogens with zero attached hydrogens (tertiary/aromatic N) is 1. The Morgan fingerprint density at radius 2 is 1.97 bits per heavy atom. The lowest BCUT2D eigenvalue weighted by Gasteiger charge is -2.14. The molecule has 0 aliphatic carbocycles. The highest BCUT2D eigenvalue weighted by atomic mass is 79.9. The molecule has 150 valence electrons. The molecule has 8 heteroatoms. The minimum Gasteiger partial charge on any atom is -0.494 e. The molecule has 0 aromatic heterocycles. The number of thioether (sulfide) groups is 1. The summed E-state index contributed by atoms with van der Waals surface area (Å²) in [6.45, 7) is 2.77. The van der Waals surface area contributed by atoms with Crippen LogP contribution in [0.25, 0.3) is 6.08 Å². The second-order valence-corrected chi connectivity index (χ2v) is 8.64. The van der Waals surface area contributed by atoms with Gasteiger partial charge in [-0.1, -0.05) is 48.2 Å². The Kier molecular flexibility index (Phi) is 7.46. The van der Waals surface area contributed by atoms with Crippen molar-refractivity contribution < 1.29 is 14.3 Å². The summed E-state index contributed by atoms with van der Waals surface area (Å²) in [5.74, 6) is 0.428. The van der Waals surface area contributed by atoms with E-state index in [1.54, 1.807) is 12.1 Å². The Balaban J connectivity index is 1.60. The van der Waals surface area contributed by atoms with E-state index in [0.717, 1.165) is 15.8 Å². The van der Waals surface area contributed by atoms with Crippen molar-refractivity contribution in [3.8, 4) is 5.75 Å². The van der Waals surface area contributed by atoms with Gasteiger partial charge in [-0.3, -0.25) is 14.5 Å². The number of ether oxygens (including phenoxy) is 1. The third-order valence-electron chi connectivity index (χ3n) is 4.07. The molecule has 2 aromatic rings. The molecule has 1 aliphatic rings. The van der Waals surface area contributed by atoms with Crippen LogP contribution in [0.4, 0.5) is 5.69 Å². The fraction of sp³-hybridized carbons (Fsp3) is 0.190. The Labute approximate surface area is 187 Å². The molecule has 1 heterocycles. The topological polar surface area (TPSA) is 58.6 Å². The number of halogens is 1. The minimum atomic E-state index is -0.179. The first-order chi connectivity index (χ1) is 14.0. The maximum atomic E-state index is 12.7. The highest BCUT2D eigenvalue weighted by Crippen LogP contribution is 2.33. The molecule has 0 atom stereocenters. The number of thiocarbonyl (C=S) groups is 1. The van der Waals surface area contributed by atoms with Crippen molar-refractivity contribution in [3.05, 3.63) is 63.5 Å². The number of para-hydroxylation sites is 1. The van der Waals surface area contributed by atoms with E-state index in [9.17, 15) is 9.59 Å². The Morgan fingerprint density at radius 3 is 2.66 bits per heavy atom. The first-order valence-corrected chi connectivity index (χ1v) is 11.0. The Hall–Kier alpha value is -2.16. The van der Waals surface area contributed by atoms with Crippen LogP contribution < -0.4 is 10.1 Å². The molecule has 0 saturated carbocycles. The summed E-state index contributed by atoms with van der Waals surface area (Å²) in [6, 6.07) is 14.9. The van der Waals surface area contributed by atoms with E-state index in [1.165, 1.54) is 16.7 Å². The van der Waals surface area contributed by atoms with Crippen LogP contribution in [0.15, 0.2) is 57.9 Å². The number of carbonyl (C=O) groups is 2. The van der Waals surface area contributed by atoms with E-state index in [1.807, 2.05) is 49.4 Å². The molecule has 5 nitrogen and oxygen atoms in total. The number of hydrogen-bond donors (Lipinski definition) is 1. The van der Waals surface area contributed by atoms with Gasteiger partial charge < -0.3 is 10.1 Å². The number of hydrogen-bond acceptors (Lipinski definition) is 5. The summed E-state index contributed by atoms with van der Waals surface area (Å²) < 4.78 is 6.69. The highest BCUT2D eigenvalue weighted by Gasteiger charge is 2.32. The standard InChI is InChI=1S/C21H19BrN2O3S2/c1-2-27-15-9-7-14(8-10-15)13-18-20(26)24(21(28)29-18)12-11-19(25)23-17-6-4-3-5-16(17)22/h3-10,13H,2,11-12H2,1H3,(H,23,25)/b18-13-. The molecule has 1 aliphatic heterocycles. The minimum absolute atomic E-state index is 0.157. The summed E-state index contributed by atoms with van der Waals surface area (Å²) in [6.07, 6.45) is 1.96. The summed E-state index contributed by atoms with van der Waals surface area (Å²) in [4.78, 5) is 27.0. The average molecular weight is 491 g/mol. The molecular weight excluding hydrogens is 472 g/mol. The van der Waals surface area contributed by atoms with Crippen LogP contribution in [0.2, 0.25) is 0 Å². The van der Waals surface area contributed by atoms with Crippen LogP contribution in [-0.4, -0.2) is 34.2 Å². The van der Waals surface area contributed by atoms with Crippen molar-refractivity contribution >= 4 is 67.8 Å². The molecule has 0 unspecified atom stereocenters. The lowest BCUT2D eigenvalue weighted by molar-refractivity contribution is -0.122. The monoisotopic (exact) mass is 490 g/mol. The van der Waals surface area contributed by atoms with Gasteiger partial charge >= 0.3 is 0 Å². The first-order valence-electron chi connectivity index (χ1n) is 9.00. The van der Waals surface area contributed by atoms with Gasteiger partial charge in [0, 0.05) is 17.4 Å². The molecule has 1 saturated heterocycles. The number of amides is 2. The van der Waals surface area contributed by atoms with Crippen LogP contribution in [0.3, 0.4) is 0 Å². The SMILES string of the molecule is CCOc1ccc(/C=C2\SC(=S)N(CCC(=O)Nc3ccccc3Br)C2=O)cc1. The third-order valence-corrected chi connectivity index (χ3v) is 6.14. The van der Waals surface area contributed by atoms with Gasteiger partial charge in [-0.25, -0.2) is 0 Å². The number of benzene rings is 2. The lowest BCUT2D eigenvalue weighted by atomic mass is 10.2. The van der Waals surface area contributed by atoms with Crippen LogP contribution in [0.5, 0.6) is 5.75 Å². The van der Waals surface area contributed by atoms with Crippen molar-refractivity contribution in [2.45, 2.75) is 13.3 Å². The van der Waals surface area contributed by atoms with Gasteiger partial charge in [0.05, 0.1) is 17.2 Å². The van der Waals surface area contributed by atoms with Gasteiger partial charge in [0.1, 0.15) is 10.1 Å². The van der Waals surface area contributed by atoms with E-state index in [-0.39, 0.29) is 24.8 Å². The predicted octanol–water partition coefficient (Wildman–Crippen LogP) is 5.08. The van der Waals surface area contributed by atoms with Crippen molar-refractivity contribution in [1.82, 2.24) is 4.90 Å². The van der Waals surface area contributed by atoms with Gasteiger partial charge in [-0.15, -0.1) is 0 Å². The molecule has 0 bridgehead atoms. The Morgan fingerprint density at radius 1 is 1.24 bits per heavy atom. The molecule has 1 fully saturated rings. The zero-order valence-electron chi connectivity index (χ0n) is 15.7. The molecule has 29 heavy (non-hydrogen) atoms. The second kappa shape index (κ2) is 10.0. The van der Waals surface area contributed by atoms with E-state index < -0.39 is 0 Å². The van der Waals surface area contributed by atoms with Crippen LogP contribution in [0.1, 0.15) is 18.9 Å². The fourth-order valence-electron chi connectivity index (χ4n) is 2.66. The largest absolute Gasteiger partial charge is 0.494 e. The van der Waals surface area contributed by atoms with Crippen molar-refractivity contribution in [2.24, 2.45) is 0 Å². The summed E-state index contributed by atoms with van der Waals surface area (Å²) in [7, 11) is 0. The fourth-order valence-corrected chi connectivity index (χ4v) is 4.35. The van der Waals surface area contributed by atoms with Crippen molar-refractivity contribution in [3.63, 3.8) is 0 Å². The number of nitrogens with one attached hydrogen (secondary N) is 1. The van der Waals surface area contributed by atoms with E-state index in [0.29, 0.717) is 21.5 Å². The summed E-state index contributed by atoms with van der Waals surface area (Å²) in [5.41, 5.74) is 1.58. The maximum absolute atomic E-state index is 12.7. The maximum Gasteiger partial charge on any atom is 0.266 e. The van der Waals surface area contributed by atoms with Crippen LogP contribution >= 0.6 is 39.9 Å². The number of carbonyl (C=O) groups excluding carboxylic acids is 2. The zero-order valence-corrected chi connectivity index (χ0v) is 18.9. The molecule has 2 amide bonds. The highest BCUT2D eigenvalue weighted by molar-refractivity contribution is 9.10. The molecule has 0 radical (unpaired) electrons. The second-order valence-electron chi connectivity index (χ2n) is 6.11. The van der Waals surface area contributed by atoms with E-state index >= 15 is 0 Å². The molecular formula is C21H19BrN2O3S2. The normalized spacial score (nSPS) is 15.1. The Bertz CT molecular complexity index is 961. The van der Waals surface area contributed by atoms with Gasteiger partial charge in [-0.05, 0) is 58.8 Å². The number of rotatable bonds is 7. The first kappa shape index (κ1) is 21.5. The predicted molar refractivity (Wildman–Crippen MR) is 125 cm³/mol. The van der Waals surface area contributed by atoms with Crippen LogP contribution in [0, 0.1) is 0 Å². The number of anilines is 1. The van der Waals surface area contributed by atoms with Gasteiger partial charge in [0.25, 0.3) is 5.91 Å².